The first-order chi connectivity index (χ1) is 9.58. The lowest BCUT2D eigenvalue weighted by Crippen LogP contribution is -2.35. The quantitative estimate of drug-likeness (QED) is 0.793. The van der Waals surface area contributed by atoms with Gasteiger partial charge in [-0.2, -0.15) is 0 Å². The number of benzene rings is 2. The summed E-state index contributed by atoms with van der Waals surface area (Å²) in [5.74, 6) is 0.752. The van der Waals surface area contributed by atoms with Crippen LogP contribution in [0, 0.1) is 13.8 Å². The Bertz CT molecular complexity index is 691. The van der Waals surface area contributed by atoms with Crippen LogP contribution < -0.4 is 9.64 Å². The molecule has 20 heavy (non-hydrogen) atoms. The van der Waals surface area contributed by atoms with E-state index in [1.54, 1.807) is 11.9 Å². The lowest BCUT2D eigenvalue weighted by Gasteiger charge is -2.26. The summed E-state index contributed by atoms with van der Waals surface area (Å²) in [6.45, 7) is 4.35. The molecule has 0 atom stereocenters. The highest BCUT2D eigenvalue weighted by molar-refractivity contribution is 5.97. The Labute approximate surface area is 118 Å². The highest BCUT2D eigenvalue weighted by atomic mass is 16.5. The summed E-state index contributed by atoms with van der Waals surface area (Å²) in [6.07, 6.45) is 0. The van der Waals surface area contributed by atoms with Gasteiger partial charge in [0.15, 0.2) is 6.61 Å². The number of carbonyl (C=O) groups excluding carboxylic acids is 1. The van der Waals surface area contributed by atoms with Crippen LogP contribution in [0.25, 0.3) is 11.1 Å². The summed E-state index contributed by atoms with van der Waals surface area (Å²) in [4.78, 5) is 13.3. The van der Waals surface area contributed by atoms with E-state index in [0.29, 0.717) is 0 Å². The van der Waals surface area contributed by atoms with E-state index in [1.807, 2.05) is 18.2 Å². The van der Waals surface area contributed by atoms with Crippen molar-refractivity contribution in [2.45, 2.75) is 13.8 Å². The van der Waals surface area contributed by atoms with Crippen molar-refractivity contribution in [3.63, 3.8) is 0 Å². The van der Waals surface area contributed by atoms with E-state index < -0.39 is 0 Å². The SMILES string of the molecule is Cc1cccc(-c2ccc3c(c2)OCC(=O)N3C)c1C. The molecule has 1 aliphatic rings. The zero-order valence-corrected chi connectivity index (χ0v) is 11.9. The van der Waals surface area contributed by atoms with E-state index in [0.717, 1.165) is 17.0 Å². The third kappa shape index (κ3) is 1.95. The molecule has 2 aromatic carbocycles. The molecule has 0 radical (unpaired) electrons. The van der Waals surface area contributed by atoms with Crippen LogP contribution in [-0.2, 0) is 4.79 Å². The van der Waals surface area contributed by atoms with E-state index >= 15 is 0 Å². The second-order valence-electron chi connectivity index (χ2n) is 5.17. The fraction of sp³-hybridized carbons (Fsp3) is 0.235. The van der Waals surface area contributed by atoms with Crippen LogP contribution in [-0.4, -0.2) is 19.6 Å². The molecule has 0 N–H and O–H groups in total. The van der Waals surface area contributed by atoms with Gasteiger partial charge in [0.1, 0.15) is 5.75 Å². The second kappa shape index (κ2) is 4.67. The maximum atomic E-state index is 11.6. The van der Waals surface area contributed by atoms with Gasteiger partial charge in [-0.25, -0.2) is 0 Å². The van der Waals surface area contributed by atoms with Gasteiger partial charge in [-0.3, -0.25) is 4.79 Å². The first-order valence-corrected chi connectivity index (χ1v) is 6.68. The zero-order chi connectivity index (χ0) is 14.3. The first kappa shape index (κ1) is 12.7. The Morgan fingerprint density at radius 3 is 2.75 bits per heavy atom. The molecule has 0 bridgehead atoms. The zero-order valence-electron chi connectivity index (χ0n) is 11.9. The minimum absolute atomic E-state index is 0.0167. The lowest BCUT2D eigenvalue weighted by atomic mass is 9.96. The summed E-state index contributed by atoms with van der Waals surface area (Å²) >= 11 is 0. The molecule has 0 aromatic heterocycles. The van der Waals surface area contributed by atoms with E-state index in [-0.39, 0.29) is 12.5 Å². The highest BCUT2D eigenvalue weighted by Crippen LogP contribution is 2.36. The number of anilines is 1. The van der Waals surface area contributed by atoms with Crippen molar-refractivity contribution >= 4 is 11.6 Å². The van der Waals surface area contributed by atoms with Gasteiger partial charge in [-0.05, 0) is 48.2 Å². The van der Waals surface area contributed by atoms with Crippen molar-refractivity contribution in [1.29, 1.82) is 0 Å². The molecule has 102 valence electrons. The molecule has 0 saturated carbocycles. The maximum Gasteiger partial charge on any atom is 0.264 e. The Morgan fingerprint density at radius 2 is 1.95 bits per heavy atom. The van der Waals surface area contributed by atoms with Crippen molar-refractivity contribution in [1.82, 2.24) is 0 Å². The largest absolute Gasteiger partial charge is 0.482 e. The molecule has 1 heterocycles. The van der Waals surface area contributed by atoms with Crippen LogP contribution in [0.15, 0.2) is 36.4 Å². The first-order valence-electron chi connectivity index (χ1n) is 6.68. The lowest BCUT2D eigenvalue weighted by molar-refractivity contribution is -0.120. The Balaban J connectivity index is 2.09. The monoisotopic (exact) mass is 267 g/mol. The summed E-state index contributed by atoms with van der Waals surface area (Å²) in [5.41, 5.74) is 5.69. The molecule has 1 amide bonds. The number of rotatable bonds is 1. The van der Waals surface area contributed by atoms with Crippen molar-refractivity contribution in [3.8, 4) is 16.9 Å². The van der Waals surface area contributed by atoms with Crippen LogP contribution in [0.5, 0.6) is 5.75 Å². The van der Waals surface area contributed by atoms with Crippen molar-refractivity contribution < 1.29 is 9.53 Å². The number of likely N-dealkylation sites (N-methyl/N-ethyl adjacent to an activating group) is 1. The van der Waals surface area contributed by atoms with E-state index in [4.69, 9.17) is 4.74 Å². The summed E-state index contributed by atoms with van der Waals surface area (Å²) in [7, 11) is 1.78. The van der Waals surface area contributed by atoms with E-state index in [1.165, 1.54) is 16.7 Å². The predicted octanol–water partition coefficient (Wildman–Crippen LogP) is 3.33. The molecule has 0 saturated heterocycles. The average molecular weight is 267 g/mol. The van der Waals surface area contributed by atoms with Gasteiger partial charge >= 0.3 is 0 Å². The third-order valence-electron chi connectivity index (χ3n) is 3.96. The number of ether oxygens (including phenoxy) is 1. The maximum absolute atomic E-state index is 11.6. The summed E-state index contributed by atoms with van der Waals surface area (Å²) in [5, 5.41) is 0. The second-order valence-corrected chi connectivity index (χ2v) is 5.17. The van der Waals surface area contributed by atoms with Gasteiger partial charge in [0, 0.05) is 7.05 Å². The molecule has 0 spiro atoms. The fourth-order valence-corrected chi connectivity index (χ4v) is 2.51. The molecule has 3 nitrogen and oxygen atoms in total. The number of aryl methyl sites for hydroxylation is 1. The Morgan fingerprint density at radius 1 is 1.15 bits per heavy atom. The van der Waals surface area contributed by atoms with Gasteiger partial charge < -0.3 is 9.64 Å². The van der Waals surface area contributed by atoms with Crippen LogP contribution in [0.4, 0.5) is 5.69 Å². The van der Waals surface area contributed by atoms with Crippen molar-refractivity contribution in [2.24, 2.45) is 0 Å². The highest BCUT2D eigenvalue weighted by Gasteiger charge is 2.22. The van der Waals surface area contributed by atoms with E-state index in [2.05, 4.69) is 32.0 Å². The minimum Gasteiger partial charge on any atom is -0.482 e. The normalized spacial score (nSPS) is 13.9. The topological polar surface area (TPSA) is 29.5 Å². The molecule has 0 aliphatic carbocycles. The predicted molar refractivity (Wildman–Crippen MR) is 80.3 cm³/mol. The molecule has 2 aromatic rings. The number of fused-ring (bicyclic) bond motifs is 1. The average Bonchev–Trinajstić information content (AvgIpc) is 2.46. The Hall–Kier alpha value is -2.29. The third-order valence-corrected chi connectivity index (χ3v) is 3.96. The molecule has 0 fully saturated rings. The van der Waals surface area contributed by atoms with Crippen molar-refractivity contribution in [3.05, 3.63) is 47.5 Å². The van der Waals surface area contributed by atoms with Crippen LogP contribution in [0.2, 0.25) is 0 Å². The van der Waals surface area contributed by atoms with Gasteiger partial charge in [0.25, 0.3) is 5.91 Å². The number of hydrogen-bond acceptors (Lipinski definition) is 2. The summed E-state index contributed by atoms with van der Waals surface area (Å²) < 4.78 is 5.55. The van der Waals surface area contributed by atoms with Gasteiger partial charge in [0.05, 0.1) is 5.69 Å². The smallest absolute Gasteiger partial charge is 0.264 e. The minimum atomic E-state index is -0.0167. The van der Waals surface area contributed by atoms with Crippen LogP contribution in [0.1, 0.15) is 11.1 Å². The molecule has 3 rings (SSSR count). The molecular formula is C17H17NO2. The summed E-state index contributed by atoms with van der Waals surface area (Å²) in [6, 6.07) is 12.3. The molecular weight excluding hydrogens is 250 g/mol. The number of hydrogen-bond donors (Lipinski definition) is 0. The molecule has 1 aliphatic heterocycles. The Kier molecular flexibility index (Phi) is 2.97. The number of carbonyl (C=O) groups is 1. The standard InChI is InChI=1S/C17H17NO2/c1-11-5-4-6-14(12(11)2)13-7-8-15-16(9-13)20-10-17(19)18(15)3/h4-9H,10H2,1-3H3. The fourth-order valence-electron chi connectivity index (χ4n) is 2.51. The molecule has 3 heteroatoms. The van der Waals surface area contributed by atoms with Crippen LogP contribution >= 0.6 is 0 Å². The van der Waals surface area contributed by atoms with Crippen molar-refractivity contribution in [2.75, 3.05) is 18.6 Å². The van der Waals surface area contributed by atoms with Gasteiger partial charge in [-0.1, -0.05) is 24.3 Å². The van der Waals surface area contributed by atoms with Gasteiger partial charge in [-0.15, -0.1) is 0 Å². The molecule has 0 unspecified atom stereocenters. The number of amides is 1. The van der Waals surface area contributed by atoms with E-state index in [9.17, 15) is 4.79 Å². The number of nitrogens with zero attached hydrogens (tertiary/aromatic N) is 1. The van der Waals surface area contributed by atoms with Gasteiger partial charge in [0.2, 0.25) is 0 Å². The van der Waals surface area contributed by atoms with Crippen LogP contribution in [0.3, 0.4) is 0 Å².